The van der Waals surface area contributed by atoms with Gasteiger partial charge in [-0.15, -0.1) is 11.3 Å². The zero-order valence-corrected chi connectivity index (χ0v) is 15.2. The lowest BCUT2D eigenvalue weighted by atomic mass is 10.0. The van der Waals surface area contributed by atoms with Crippen molar-refractivity contribution in [3.05, 3.63) is 34.5 Å². The first kappa shape index (κ1) is 17.4. The number of rotatable bonds is 5. The Labute approximate surface area is 149 Å². The van der Waals surface area contributed by atoms with Gasteiger partial charge in [0.1, 0.15) is 5.54 Å². The Bertz CT molecular complexity index is 858. The summed E-state index contributed by atoms with van der Waals surface area (Å²) in [7, 11) is 1.60. The minimum absolute atomic E-state index is 0.113. The van der Waals surface area contributed by atoms with E-state index in [1.165, 1.54) is 21.1 Å². The van der Waals surface area contributed by atoms with Crippen molar-refractivity contribution in [3.63, 3.8) is 0 Å². The minimum atomic E-state index is -0.947. The molecule has 25 heavy (non-hydrogen) atoms. The van der Waals surface area contributed by atoms with Gasteiger partial charge in [0.05, 0.1) is 6.04 Å². The molecule has 0 spiro atoms. The maximum Gasteiger partial charge on any atom is 0.328 e. The van der Waals surface area contributed by atoms with Crippen LogP contribution in [0.3, 0.4) is 0 Å². The second kappa shape index (κ2) is 6.15. The van der Waals surface area contributed by atoms with Gasteiger partial charge in [-0.1, -0.05) is 24.3 Å². The molecular weight excluding hydrogens is 340 g/mol. The molecule has 1 atom stereocenters. The number of carboxylic acid groups (broad SMARTS) is 1. The highest BCUT2D eigenvalue weighted by atomic mass is 32.1. The zero-order valence-electron chi connectivity index (χ0n) is 14.4. The quantitative estimate of drug-likeness (QED) is 0.828. The fourth-order valence-electron chi connectivity index (χ4n) is 3.11. The van der Waals surface area contributed by atoms with Gasteiger partial charge in [0.2, 0.25) is 0 Å². The van der Waals surface area contributed by atoms with Gasteiger partial charge in [-0.05, 0) is 36.4 Å². The highest BCUT2D eigenvalue weighted by Gasteiger charge is 2.52. The van der Waals surface area contributed by atoms with E-state index in [2.05, 4.69) is 0 Å². The Morgan fingerprint density at radius 1 is 1.28 bits per heavy atom. The van der Waals surface area contributed by atoms with Crippen LogP contribution in [0.5, 0.6) is 0 Å². The lowest BCUT2D eigenvalue weighted by Gasteiger charge is -2.25. The van der Waals surface area contributed by atoms with Crippen molar-refractivity contribution < 1.29 is 19.5 Å². The maximum absolute atomic E-state index is 12.9. The van der Waals surface area contributed by atoms with E-state index in [1.807, 2.05) is 29.6 Å². The molecule has 6 nitrogen and oxygen atoms in total. The summed E-state index contributed by atoms with van der Waals surface area (Å²) in [5, 5.41) is 13.1. The van der Waals surface area contributed by atoms with Crippen LogP contribution in [0, 0.1) is 0 Å². The SMILES string of the molecule is CN1C(=O)N([C@H](CCC(=O)O)c2scc3ccccc23)C(=O)C1(C)C. The number of likely N-dealkylation sites (N-methyl/N-ethyl adjacent to an activating group) is 1. The zero-order chi connectivity index (χ0) is 18.4. The highest BCUT2D eigenvalue weighted by Crippen LogP contribution is 2.41. The van der Waals surface area contributed by atoms with E-state index in [-0.39, 0.29) is 24.8 Å². The number of fused-ring (bicyclic) bond motifs is 1. The van der Waals surface area contributed by atoms with Crippen LogP contribution >= 0.6 is 11.3 Å². The summed E-state index contributed by atoms with van der Waals surface area (Å²) in [6.45, 7) is 3.40. The number of thiophene rings is 1. The summed E-state index contributed by atoms with van der Waals surface area (Å²) < 4.78 is 0. The van der Waals surface area contributed by atoms with Gasteiger partial charge < -0.3 is 10.0 Å². The molecular formula is C18H20N2O4S. The molecule has 132 valence electrons. The number of aliphatic carboxylic acids is 1. The van der Waals surface area contributed by atoms with Gasteiger partial charge in [-0.2, -0.15) is 0 Å². The van der Waals surface area contributed by atoms with Gasteiger partial charge in [0.15, 0.2) is 0 Å². The number of carbonyl (C=O) groups is 3. The van der Waals surface area contributed by atoms with E-state index in [9.17, 15) is 14.4 Å². The molecule has 1 aliphatic rings. The number of urea groups is 1. The van der Waals surface area contributed by atoms with E-state index in [0.29, 0.717) is 0 Å². The van der Waals surface area contributed by atoms with Crippen molar-refractivity contribution in [2.24, 2.45) is 0 Å². The van der Waals surface area contributed by atoms with Crippen LogP contribution in [0.4, 0.5) is 4.79 Å². The molecule has 7 heteroatoms. The van der Waals surface area contributed by atoms with Crippen molar-refractivity contribution in [2.75, 3.05) is 7.05 Å². The predicted octanol–water partition coefficient (Wildman–Crippen LogP) is 3.48. The van der Waals surface area contributed by atoms with E-state index >= 15 is 0 Å². The van der Waals surface area contributed by atoms with Gasteiger partial charge in [0, 0.05) is 18.3 Å². The van der Waals surface area contributed by atoms with Crippen LogP contribution in [0.1, 0.15) is 37.6 Å². The average molecular weight is 360 g/mol. The number of benzene rings is 1. The standard InChI is InChI=1S/C18H20N2O4S/c1-18(2)16(23)20(17(24)19(18)3)13(8-9-14(21)22)15-12-7-5-4-6-11(12)10-25-15/h4-7,10,13H,8-9H2,1-3H3,(H,21,22)/t13-/m1/s1. The molecule has 0 aliphatic carbocycles. The third-order valence-electron chi connectivity index (χ3n) is 4.86. The first-order valence-electron chi connectivity index (χ1n) is 8.04. The number of amides is 3. The number of carbonyl (C=O) groups excluding carboxylic acids is 2. The summed E-state index contributed by atoms with van der Waals surface area (Å²) in [5.41, 5.74) is -0.939. The number of carboxylic acids is 1. The predicted molar refractivity (Wildman–Crippen MR) is 95.5 cm³/mol. The van der Waals surface area contributed by atoms with Crippen LogP contribution < -0.4 is 0 Å². The van der Waals surface area contributed by atoms with Gasteiger partial charge in [-0.25, -0.2) is 4.79 Å². The minimum Gasteiger partial charge on any atom is -0.481 e. The molecule has 1 aromatic heterocycles. The molecule has 0 bridgehead atoms. The molecule has 0 saturated carbocycles. The van der Waals surface area contributed by atoms with Gasteiger partial charge >= 0.3 is 12.0 Å². The molecule has 2 aromatic rings. The fraction of sp³-hybridized carbons (Fsp3) is 0.389. The fourth-order valence-corrected chi connectivity index (χ4v) is 4.26. The Kier molecular flexibility index (Phi) is 4.28. The normalized spacial score (nSPS) is 18.2. The number of hydrogen-bond donors (Lipinski definition) is 1. The van der Waals surface area contributed by atoms with Crippen LogP contribution in [-0.4, -0.2) is 45.4 Å². The smallest absolute Gasteiger partial charge is 0.328 e. The Balaban J connectivity index is 2.08. The van der Waals surface area contributed by atoms with Crippen molar-refractivity contribution in [1.82, 2.24) is 9.80 Å². The molecule has 1 fully saturated rings. The molecule has 1 N–H and O–H groups in total. The number of hydrogen-bond acceptors (Lipinski definition) is 4. The summed E-state index contributed by atoms with van der Waals surface area (Å²) in [6, 6.07) is 6.76. The lowest BCUT2D eigenvalue weighted by molar-refractivity contribution is -0.138. The topological polar surface area (TPSA) is 77.9 Å². The van der Waals surface area contributed by atoms with Crippen molar-refractivity contribution in [1.29, 1.82) is 0 Å². The van der Waals surface area contributed by atoms with E-state index < -0.39 is 17.6 Å². The van der Waals surface area contributed by atoms with Crippen molar-refractivity contribution >= 4 is 40.0 Å². The van der Waals surface area contributed by atoms with Crippen LogP contribution in [0.15, 0.2) is 29.6 Å². The first-order valence-corrected chi connectivity index (χ1v) is 8.92. The number of nitrogens with zero attached hydrogens (tertiary/aromatic N) is 2. The third kappa shape index (κ3) is 2.78. The van der Waals surface area contributed by atoms with Gasteiger partial charge in [-0.3, -0.25) is 14.5 Å². The Hall–Kier alpha value is -2.41. The average Bonchev–Trinajstić information content (AvgIpc) is 3.05. The van der Waals surface area contributed by atoms with Crippen LogP contribution in [0.2, 0.25) is 0 Å². The highest BCUT2D eigenvalue weighted by molar-refractivity contribution is 7.11. The molecule has 1 aromatic carbocycles. The van der Waals surface area contributed by atoms with Gasteiger partial charge in [0.25, 0.3) is 5.91 Å². The number of imide groups is 1. The third-order valence-corrected chi connectivity index (χ3v) is 5.98. The van der Waals surface area contributed by atoms with E-state index in [4.69, 9.17) is 5.11 Å². The largest absolute Gasteiger partial charge is 0.481 e. The van der Waals surface area contributed by atoms with Crippen LogP contribution in [-0.2, 0) is 9.59 Å². The molecule has 3 rings (SSSR count). The van der Waals surface area contributed by atoms with Crippen molar-refractivity contribution in [2.45, 2.75) is 38.3 Å². The molecule has 1 aliphatic heterocycles. The molecule has 2 heterocycles. The van der Waals surface area contributed by atoms with E-state index in [1.54, 1.807) is 20.9 Å². The molecule has 0 radical (unpaired) electrons. The molecule has 0 unspecified atom stereocenters. The lowest BCUT2D eigenvalue weighted by Crippen LogP contribution is -2.41. The molecule has 1 saturated heterocycles. The Morgan fingerprint density at radius 3 is 2.56 bits per heavy atom. The molecule has 3 amide bonds. The summed E-state index contributed by atoms with van der Waals surface area (Å²) in [4.78, 5) is 40.2. The maximum atomic E-state index is 12.9. The second-order valence-corrected chi connectivity index (χ2v) is 7.62. The Morgan fingerprint density at radius 2 is 1.96 bits per heavy atom. The monoisotopic (exact) mass is 360 g/mol. The van der Waals surface area contributed by atoms with Crippen LogP contribution in [0.25, 0.3) is 10.8 Å². The summed E-state index contributed by atoms with van der Waals surface area (Å²) in [6.07, 6.45) is 0.0827. The summed E-state index contributed by atoms with van der Waals surface area (Å²) >= 11 is 1.46. The van der Waals surface area contributed by atoms with E-state index in [0.717, 1.165) is 15.6 Å². The summed E-state index contributed by atoms with van der Waals surface area (Å²) in [5.74, 6) is -1.24. The second-order valence-electron chi connectivity index (χ2n) is 6.71. The van der Waals surface area contributed by atoms with Crippen molar-refractivity contribution in [3.8, 4) is 0 Å². The first-order chi connectivity index (χ1) is 11.7.